The van der Waals surface area contributed by atoms with Crippen LogP contribution in [0.3, 0.4) is 0 Å². The lowest BCUT2D eigenvalue weighted by atomic mass is 9.93. The number of aliphatic hydroxyl groups is 1. The van der Waals surface area contributed by atoms with E-state index in [2.05, 4.69) is 4.99 Å². The highest BCUT2D eigenvalue weighted by molar-refractivity contribution is 5.73. The summed E-state index contributed by atoms with van der Waals surface area (Å²) in [7, 11) is 3.22. The van der Waals surface area contributed by atoms with Crippen molar-refractivity contribution in [3.05, 3.63) is 59.7 Å². The highest BCUT2D eigenvalue weighted by Crippen LogP contribution is 2.39. The van der Waals surface area contributed by atoms with Gasteiger partial charge in [-0.15, -0.1) is 0 Å². The predicted molar refractivity (Wildman–Crippen MR) is 96.3 cm³/mol. The summed E-state index contributed by atoms with van der Waals surface area (Å²) in [5, 5.41) is 11.1. The minimum Gasteiger partial charge on any atom is -0.497 e. The van der Waals surface area contributed by atoms with Gasteiger partial charge in [-0.3, -0.25) is 4.99 Å². The molecule has 0 aliphatic carbocycles. The van der Waals surface area contributed by atoms with Crippen LogP contribution in [0.25, 0.3) is 0 Å². The van der Waals surface area contributed by atoms with E-state index in [1.165, 1.54) is 0 Å². The molecule has 1 aliphatic heterocycles. The third kappa shape index (κ3) is 3.25. The van der Waals surface area contributed by atoms with Crippen molar-refractivity contribution >= 4 is 6.21 Å². The van der Waals surface area contributed by atoms with Crippen LogP contribution in [0.2, 0.25) is 0 Å². The minimum absolute atomic E-state index is 0.676. The van der Waals surface area contributed by atoms with E-state index < -0.39 is 17.4 Å². The van der Waals surface area contributed by atoms with Gasteiger partial charge in [0, 0.05) is 6.21 Å². The molecule has 3 rings (SSSR count). The van der Waals surface area contributed by atoms with E-state index in [9.17, 15) is 5.11 Å². The monoisotopic (exact) mass is 341 g/mol. The number of nitrogens with zero attached hydrogens (tertiary/aromatic N) is 1. The van der Waals surface area contributed by atoms with E-state index in [1.54, 1.807) is 33.4 Å². The van der Waals surface area contributed by atoms with Crippen molar-refractivity contribution in [3.8, 4) is 11.5 Å². The van der Waals surface area contributed by atoms with Crippen LogP contribution in [-0.4, -0.2) is 31.8 Å². The zero-order valence-electron chi connectivity index (χ0n) is 14.9. The second-order valence-corrected chi connectivity index (χ2v) is 6.47. The Balaban J connectivity index is 1.87. The van der Waals surface area contributed by atoms with E-state index >= 15 is 0 Å². The van der Waals surface area contributed by atoms with Crippen LogP contribution < -0.4 is 9.47 Å². The van der Waals surface area contributed by atoms with Gasteiger partial charge in [0.1, 0.15) is 22.7 Å². The van der Waals surface area contributed by atoms with Gasteiger partial charge in [-0.1, -0.05) is 24.3 Å². The second-order valence-electron chi connectivity index (χ2n) is 6.47. The third-order valence-corrected chi connectivity index (χ3v) is 4.59. The molecule has 132 valence electrons. The van der Waals surface area contributed by atoms with Crippen molar-refractivity contribution in [2.24, 2.45) is 4.99 Å². The smallest absolute Gasteiger partial charge is 0.182 e. The number of methoxy groups -OCH3 is 2. The summed E-state index contributed by atoms with van der Waals surface area (Å²) in [4.78, 5) is 4.45. The Morgan fingerprint density at radius 1 is 1.08 bits per heavy atom. The summed E-state index contributed by atoms with van der Waals surface area (Å²) in [6.45, 7) is 3.62. The summed E-state index contributed by atoms with van der Waals surface area (Å²) in [5.74, 6) is 1.43. The van der Waals surface area contributed by atoms with Crippen molar-refractivity contribution in [2.75, 3.05) is 14.2 Å². The van der Waals surface area contributed by atoms with Gasteiger partial charge in [0.2, 0.25) is 0 Å². The first kappa shape index (κ1) is 17.5. The average molecular weight is 341 g/mol. The minimum atomic E-state index is -1.29. The van der Waals surface area contributed by atoms with E-state index in [-0.39, 0.29) is 0 Å². The molecule has 1 N–H and O–H groups in total. The molecule has 1 heterocycles. The SMILES string of the molecule is COc1cccc(C2(C)C=NC(C(C)(O)c3cccc(OC)c3)O2)c1. The number of rotatable bonds is 5. The largest absolute Gasteiger partial charge is 0.497 e. The number of aliphatic imine (C=N–C) groups is 1. The summed E-state index contributed by atoms with van der Waals surface area (Å²) >= 11 is 0. The fraction of sp³-hybridized carbons (Fsp3) is 0.350. The lowest BCUT2D eigenvalue weighted by Gasteiger charge is -2.32. The van der Waals surface area contributed by atoms with Gasteiger partial charge < -0.3 is 19.3 Å². The molecular formula is C20H23NO4. The van der Waals surface area contributed by atoms with Gasteiger partial charge in [0.05, 0.1) is 14.2 Å². The van der Waals surface area contributed by atoms with Gasteiger partial charge in [0.25, 0.3) is 0 Å². The first-order valence-electron chi connectivity index (χ1n) is 8.12. The topological polar surface area (TPSA) is 60.3 Å². The molecule has 0 aromatic heterocycles. The Morgan fingerprint density at radius 3 is 2.40 bits per heavy atom. The molecule has 0 amide bonds. The molecule has 0 saturated carbocycles. The zero-order chi connectivity index (χ0) is 18.1. The van der Waals surface area contributed by atoms with Gasteiger partial charge in [-0.05, 0) is 49.2 Å². The molecule has 0 bridgehead atoms. The van der Waals surface area contributed by atoms with Crippen molar-refractivity contribution in [3.63, 3.8) is 0 Å². The summed E-state index contributed by atoms with van der Waals surface area (Å²) in [5.41, 5.74) is -0.424. The standard InChI is InChI=1S/C20H23NO4/c1-19(14-7-5-9-16(11-14)23-3)13-21-18(25-19)20(2,22)15-8-6-10-17(12-15)24-4/h5-13,18,22H,1-4H3. The van der Waals surface area contributed by atoms with Crippen molar-refractivity contribution < 1.29 is 19.3 Å². The van der Waals surface area contributed by atoms with Crippen LogP contribution in [0.4, 0.5) is 0 Å². The Hall–Kier alpha value is -2.37. The molecule has 1 aliphatic rings. The first-order chi connectivity index (χ1) is 11.9. The highest BCUT2D eigenvalue weighted by atomic mass is 16.5. The maximum atomic E-state index is 11.1. The molecule has 5 heteroatoms. The van der Waals surface area contributed by atoms with Gasteiger partial charge in [-0.2, -0.15) is 0 Å². The molecule has 5 nitrogen and oxygen atoms in total. The van der Waals surface area contributed by atoms with Crippen LogP contribution in [0, 0.1) is 0 Å². The molecule has 0 saturated heterocycles. The highest BCUT2D eigenvalue weighted by Gasteiger charge is 2.44. The Bertz CT molecular complexity index is 787. The molecule has 25 heavy (non-hydrogen) atoms. The predicted octanol–water partition coefficient (Wildman–Crippen LogP) is 3.25. The van der Waals surface area contributed by atoms with Crippen LogP contribution in [-0.2, 0) is 15.9 Å². The summed E-state index contributed by atoms with van der Waals surface area (Å²) < 4.78 is 16.7. The molecule has 0 fully saturated rings. The zero-order valence-corrected chi connectivity index (χ0v) is 14.9. The lowest BCUT2D eigenvalue weighted by Crippen LogP contribution is -2.38. The summed E-state index contributed by atoms with van der Waals surface area (Å²) in [6, 6.07) is 14.9. The summed E-state index contributed by atoms with van der Waals surface area (Å²) in [6.07, 6.45) is 1.01. The van der Waals surface area contributed by atoms with Gasteiger partial charge >= 0.3 is 0 Å². The number of benzene rings is 2. The Labute approximate surface area is 147 Å². The Kier molecular flexibility index (Phi) is 4.54. The molecule has 2 aromatic rings. The lowest BCUT2D eigenvalue weighted by molar-refractivity contribution is -0.128. The number of hydrogen-bond donors (Lipinski definition) is 1. The number of ether oxygens (including phenoxy) is 3. The first-order valence-corrected chi connectivity index (χ1v) is 8.12. The van der Waals surface area contributed by atoms with Crippen LogP contribution >= 0.6 is 0 Å². The quantitative estimate of drug-likeness (QED) is 0.907. The Morgan fingerprint density at radius 2 is 1.72 bits per heavy atom. The van der Waals surface area contributed by atoms with Gasteiger partial charge in [0.15, 0.2) is 6.23 Å². The fourth-order valence-corrected chi connectivity index (χ4v) is 2.92. The molecule has 3 unspecified atom stereocenters. The van der Waals surface area contributed by atoms with E-state index in [0.717, 1.165) is 11.3 Å². The van der Waals surface area contributed by atoms with Crippen LogP contribution in [0.5, 0.6) is 11.5 Å². The number of hydrogen-bond acceptors (Lipinski definition) is 5. The van der Waals surface area contributed by atoms with E-state index in [0.29, 0.717) is 11.3 Å². The average Bonchev–Trinajstić information content (AvgIpc) is 3.06. The maximum Gasteiger partial charge on any atom is 0.182 e. The molecule has 0 radical (unpaired) electrons. The van der Waals surface area contributed by atoms with Gasteiger partial charge in [-0.25, -0.2) is 0 Å². The van der Waals surface area contributed by atoms with Crippen LogP contribution in [0.1, 0.15) is 25.0 Å². The van der Waals surface area contributed by atoms with Crippen molar-refractivity contribution in [1.29, 1.82) is 0 Å². The van der Waals surface area contributed by atoms with E-state index in [1.807, 2.05) is 49.4 Å². The third-order valence-electron chi connectivity index (χ3n) is 4.59. The maximum absolute atomic E-state index is 11.1. The molecule has 2 aromatic carbocycles. The van der Waals surface area contributed by atoms with Crippen molar-refractivity contribution in [2.45, 2.75) is 31.3 Å². The van der Waals surface area contributed by atoms with Crippen LogP contribution in [0.15, 0.2) is 53.5 Å². The fourth-order valence-electron chi connectivity index (χ4n) is 2.92. The molecular weight excluding hydrogens is 318 g/mol. The normalized spacial score (nSPS) is 24.8. The van der Waals surface area contributed by atoms with Crippen molar-refractivity contribution in [1.82, 2.24) is 0 Å². The second kappa shape index (κ2) is 6.50. The molecule has 3 atom stereocenters. The van der Waals surface area contributed by atoms with E-state index in [4.69, 9.17) is 14.2 Å². The molecule has 0 spiro atoms.